The van der Waals surface area contributed by atoms with Crippen molar-refractivity contribution in [3.8, 4) is 0 Å². The van der Waals surface area contributed by atoms with E-state index in [1.807, 2.05) is 0 Å². The fourth-order valence-corrected chi connectivity index (χ4v) is 4.87. The van der Waals surface area contributed by atoms with E-state index in [1.165, 1.54) is 6.92 Å². The summed E-state index contributed by atoms with van der Waals surface area (Å²) in [5, 5.41) is 112. The van der Waals surface area contributed by atoms with Gasteiger partial charge >= 0.3 is 0 Å². The second-order valence-electron chi connectivity index (χ2n) is 10.2. The lowest BCUT2D eigenvalue weighted by Crippen LogP contribution is -2.65. The van der Waals surface area contributed by atoms with Crippen LogP contribution in [-0.4, -0.2) is 187 Å². The van der Waals surface area contributed by atoms with Crippen LogP contribution in [0.25, 0.3) is 0 Å². The van der Waals surface area contributed by atoms with E-state index in [4.69, 9.17) is 33.2 Å². The monoisotopic (exact) mass is 590 g/mol. The van der Waals surface area contributed by atoms with Gasteiger partial charge in [-0.1, -0.05) is 0 Å². The fraction of sp³-hybridized carbons (Fsp3) is 1.00. The fourth-order valence-electron chi connectivity index (χ4n) is 4.87. The summed E-state index contributed by atoms with van der Waals surface area (Å²) >= 11 is 0. The van der Waals surface area contributed by atoms with Crippen LogP contribution in [0.3, 0.4) is 0 Å². The molecule has 40 heavy (non-hydrogen) atoms. The first-order valence-corrected chi connectivity index (χ1v) is 12.8. The quantitative estimate of drug-likeness (QED) is 0.131. The Labute approximate surface area is 227 Å². The van der Waals surface area contributed by atoms with Crippen LogP contribution < -0.4 is 0 Å². The highest BCUT2D eigenvalue weighted by Gasteiger charge is 2.52. The summed E-state index contributed by atoms with van der Waals surface area (Å²) in [5.41, 5.74) is 0. The van der Waals surface area contributed by atoms with Crippen LogP contribution in [0.1, 0.15) is 6.92 Å². The number of hydrogen-bond donors (Lipinski definition) is 11. The van der Waals surface area contributed by atoms with Crippen molar-refractivity contribution in [3.05, 3.63) is 0 Å². The van der Waals surface area contributed by atoms with E-state index >= 15 is 0 Å². The molecule has 4 saturated heterocycles. The highest BCUT2D eigenvalue weighted by molar-refractivity contribution is 4.94. The Morgan fingerprint density at radius 1 is 0.575 bits per heavy atom. The van der Waals surface area contributed by atoms with Crippen LogP contribution in [-0.2, 0) is 33.2 Å². The number of hydrogen-bond acceptors (Lipinski definition) is 18. The van der Waals surface area contributed by atoms with Gasteiger partial charge in [0.15, 0.2) is 25.2 Å². The molecule has 0 bridgehead atoms. The summed E-state index contributed by atoms with van der Waals surface area (Å²) in [6, 6.07) is 0. The Hall–Kier alpha value is -0.720. The summed E-state index contributed by atoms with van der Waals surface area (Å²) in [6.07, 6.45) is -28.3. The van der Waals surface area contributed by atoms with Crippen LogP contribution in [0.2, 0.25) is 0 Å². The molecule has 18 atom stereocenters. The zero-order chi connectivity index (χ0) is 29.5. The minimum atomic E-state index is -1.84. The van der Waals surface area contributed by atoms with Crippen molar-refractivity contribution >= 4 is 0 Å². The second-order valence-corrected chi connectivity index (χ2v) is 10.2. The lowest BCUT2D eigenvalue weighted by Gasteiger charge is -2.47. The summed E-state index contributed by atoms with van der Waals surface area (Å²) in [4.78, 5) is 0. The summed E-state index contributed by atoms with van der Waals surface area (Å²) < 4.78 is 37.5. The molecule has 4 heterocycles. The predicted octanol–water partition coefficient (Wildman–Crippen LogP) is -7.44. The molecule has 4 aliphatic heterocycles. The molecular weight excluding hydrogens is 552 g/mol. The van der Waals surface area contributed by atoms with Gasteiger partial charge in [-0.2, -0.15) is 0 Å². The van der Waals surface area contributed by atoms with Gasteiger partial charge in [0.25, 0.3) is 0 Å². The first-order chi connectivity index (χ1) is 18.8. The number of ether oxygens (including phenoxy) is 7. The first-order valence-electron chi connectivity index (χ1n) is 12.8. The average molecular weight is 591 g/mol. The van der Waals surface area contributed by atoms with E-state index in [9.17, 15) is 56.2 Å². The minimum Gasteiger partial charge on any atom is -0.394 e. The highest BCUT2D eigenvalue weighted by atomic mass is 16.8. The molecule has 0 saturated carbocycles. The summed E-state index contributed by atoms with van der Waals surface area (Å²) in [5.74, 6) is 0. The van der Waals surface area contributed by atoms with Crippen molar-refractivity contribution in [2.24, 2.45) is 0 Å². The van der Waals surface area contributed by atoms with Crippen molar-refractivity contribution in [2.45, 2.75) is 118 Å². The van der Waals surface area contributed by atoms with Gasteiger partial charge in [0, 0.05) is 0 Å². The van der Waals surface area contributed by atoms with Gasteiger partial charge in [-0.15, -0.1) is 0 Å². The molecule has 18 heteroatoms. The van der Waals surface area contributed by atoms with E-state index in [1.54, 1.807) is 0 Å². The molecule has 4 aliphatic rings. The van der Waals surface area contributed by atoms with E-state index in [-0.39, 0.29) is 6.61 Å². The molecule has 4 rings (SSSR count). The van der Waals surface area contributed by atoms with Crippen LogP contribution in [0, 0.1) is 0 Å². The van der Waals surface area contributed by atoms with Crippen molar-refractivity contribution in [1.29, 1.82) is 0 Å². The number of rotatable bonds is 7. The molecule has 18 nitrogen and oxygen atoms in total. The molecule has 0 aromatic heterocycles. The Morgan fingerprint density at radius 2 is 1.20 bits per heavy atom. The van der Waals surface area contributed by atoms with Crippen molar-refractivity contribution in [2.75, 3.05) is 19.8 Å². The van der Waals surface area contributed by atoms with Gasteiger partial charge in [0.2, 0.25) is 0 Å². The van der Waals surface area contributed by atoms with Gasteiger partial charge in [-0.25, -0.2) is 0 Å². The molecule has 0 aliphatic carbocycles. The Morgan fingerprint density at radius 3 is 1.88 bits per heavy atom. The van der Waals surface area contributed by atoms with Crippen molar-refractivity contribution in [1.82, 2.24) is 0 Å². The Bertz CT molecular complexity index is 806. The van der Waals surface area contributed by atoms with Gasteiger partial charge in [0.1, 0.15) is 79.4 Å². The topological polar surface area (TPSA) is 287 Å². The van der Waals surface area contributed by atoms with E-state index in [2.05, 4.69) is 0 Å². The molecule has 0 spiro atoms. The third kappa shape index (κ3) is 6.44. The number of aliphatic hydroxyl groups is 11. The first kappa shape index (κ1) is 32.2. The standard InChI is InChI=1S/C22H38O18/c1-5-9(25)17(16(32)22(36-5)40-18-10(26)6(24)3-34-19(18)33)39-20-14(30)12(28)8(4-35-20)38-21-15(31)13(29)11(27)7(2-23)37-21/h5-33H,2-4H2,1H3/t5-,6-,7+,8+,9-,10-,11+,12+,13-,14+,15+,16+,17+,18+,19?,20-,21-,22-/m0/s1. The van der Waals surface area contributed by atoms with Crippen molar-refractivity contribution in [3.63, 3.8) is 0 Å². The third-order valence-electron chi connectivity index (χ3n) is 7.41. The van der Waals surface area contributed by atoms with Gasteiger partial charge in [0.05, 0.1) is 25.9 Å². The Balaban J connectivity index is 1.38. The van der Waals surface area contributed by atoms with Crippen LogP contribution in [0.15, 0.2) is 0 Å². The molecule has 1 unspecified atom stereocenters. The summed E-state index contributed by atoms with van der Waals surface area (Å²) in [6.45, 7) is -0.145. The van der Waals surface area contributed by atoms with Crippen LogP contribution in [0.5, 0.6) is 0 Å². The van der Waals surface area contributed by atoms with Gasteiger partial charge in [-0.05, 0) is 6.92 Å². The van der Waals surface area contributed by atoms with Crippen molar-refractivity contribution < 1.29 is 89.3 Å². The predicted molar refractivity (Wildman–Crippen MR) is 120 cm³/mol. The van der Waals surface area contributed by atoms with E-state index < -0.39 is 124 Å². The molecular formula is C22H38O18. The van der Waals surface area contributed by atoms with E-state index in [0.717, 1.165) is 0 Å². The zero-order valence-electron chi connectivity index (χ0n) is 21.3. The maximum atomic E-state index is 10.8. The zero-order valence-corrected chi connectivity index (χ0v) is 21.3. The largest absolute Gasteiger partial charge is 0.394 e. The molecule has 4 fully saturated rings. The summed E-state index contributed by atoms with van der Waals surface area (Å²) in [7, 11) is 0. The smallest absolute Gasteiger partial charge is 0.187 e. The highest BCUT2D eigenvalue weighted by Crippen LogP contribution is 2.31. The third-order valence-corrected chi connectivity index (χ3v) is 7.41. The molecule has 11 N–H and O–H groups in total. The molecule has 0 radical (unpaired) electrons. The second kappa shape index (κ2) is 13.3. The molecule has 0 aromatic rings. The SMILES string of the molecule is C[C@@H]1O[C@@H](O[C@H]2C(O)OC[C@H](O)[C@@H]2O)[C@H](O)[C@H](O[C@@H]2OC[C@@H](O[C@@H]3O[C@H](CO)[C@@H](O)[C@H](O)[C@H]3O)[C@@H](O)[C@H]2O)[C@H]1O. The molecule has 0 amide bonds. The lowest BCUT2D eigenvalue weighted by atomic mass is 9.98. The van der Waals surface area contributed by atoms with E-state index in [0.29, 0.717) is 0 Å². The molecule has 0 aromatic carbocycles. The Kier molecular flexibility index (Phi) is 10.7. The van der Waals surface area contributed by atoms with Gasteiger partial charge in [-0.3, -0.25) is 0 Å². The van der Waals surface area contributed by atoms with Crippen LogP contribution >= 0.6 is 0 Å². The number of aliphatic hydroxyl groups excluding tert-OH is 11. The normalized spacial score (nSPS) is 54.3. The van der Waals surface area contributed by atoms with Gasteiger partial charge < -0.3 is 89.3 Å². The van der Waals surface area contributed by atoms with Crippen LogP contribution in [0.4, 0.5) is 0 Å². The lowest BCUT2D eigenvalue weighted by molar-refractivity contribution is -0.376. The molecule has 234 valence electrons. The average Bonchev–Trinajstić information content (AvgIpc) is 2.93. The maximum absolute atomic E-state index is 10.8. The minimum absolute atomic E-state index is 0.364. The maximum Gasteiger partial charge on any atom is 0.187 e.